The summed E-state index contributed by atoms with van der Waals surface area (Å²) in [6.07, 6.45) is 4.22. The number of rotatable bonds is 3. The Balaban J connectivity index is 0.00000144. The third kappa shape index (κ3) is 3.86. The van der Waals surface area contributed by atoms with Crippen LogP contribution in [0.3, 0.4) is 0 Å². The summed E-state index contributed by atoms with van der Waals surface area (Å²) in [7, 11) is 1.68. The lowest BCUT2D eigenvalue weighted by atomic mass is 10.2. The summed E-state index contributed by atoms with van der Waals surface area (Å²) in [5, 5.41) is 0. The quantitative estimate of drug-likeness (QED) is 0.685. The molecule has 2 nitrogen and oxygen atoms in total. The first kappa shape index (κ1) is 13.7. The van der Waals surface area contributed by atoms with Crippen LogP contribution < -0.4 is 26.3 Å². The van der Waals surface area contributed by atoms with Crippen LogP contribution in [0.2, 0.25) is 0 Å². The minimum Gasteiger partial charge on any atom is -1.00 e. The van der Waals surface area contributed by atoms with Crippen LogP contribution in [0, 0.1) is 6.92 Å². The molecule has 3 heteroatoms. The molecule has 0 bridgehead atoms. The molecule has 90 valence electrons. The molecule has 0 atom stereocenters. The highest BCUT2D eigenvalue weighted by Crippen LogP contribution is 2.10. The highest BCUT2D eigenvalue weighted by molar-refractivity contribution is 5.26. The Bertz CT molecular complexity index is 468. The molecule has 0 aliphatic heterocycles. The van der Waals surface area contributed by atoms with Gasteiger partial charge in [-0.25, -0.2) is 4.57 Å². The fraction of sp³-hybridized carbons (Fsp3) is 0.214. The third-order valence-corrected chi connectivity index (χ3v) is 2.53. The molecule has 0 radical (unpaired) electrons. The van der Waals surface area contributed by atoms with Crippen LogP contribution in [-0.2, 0) is 6.54 Å². The molecule has 0 saturated heterocycles. The summed E-state index contributed by atoms with van der Waals surface area (Å²) in [5.74, 6) is 0.901. The van der Waals surface area contributed by atoms with E-state index in [2.05, 4.69) is 48.1 Å². The largest absolute Gasteiger partial charge is 1.00 e. The van der Waals surface area contributed by atoms with E-state index in [0.717, 1.165) is 12.3 Å². The van der Waals surface area contributed by atoms with Gasteiger partial charge in [-0.15, -0.1) is 0 Å². The Morgan fingerprint density at radius 1 is 1.12 bits per heavy atom. The van der Waals surface area contributed by atoms with Crippen molar-refractivity contribution in [1.29, 1.82) is 0 Å². The Morgan fingerprint density at radius 3 is 2.41 bits per heavy atom. The lowest BCUT2D eigenvalue weighted by molar-refractivity contribution is -0.688. The normalized spacial score (nSPS) is 9.53. The summed E-state index contributed by atoms with van der Waals surface area (Å²) in [6.45, 7) is 3.00. The molecule has 2 rings (SSSR count). The van der Waals surface area contributed by atoms with E-state index in [1.54, 1.807) is 7.11 Å². The summed E-state index contributed by atoms with van der Waals surface area (Å²) in [5.41, 5.74) is 2.55. The van der Waals surface area contributed by atoms with Gasteiger partial charge >= 0.3 is 0 Å². The molecular weight excluding hydrogens is 278 g/mol. The zero-order valence-corrected chi connectivity index (χ0v) is 11.6. The molecule has 17 heavy (non-hydrogen) atoms. The first-order valence-electron chi connectivity index (χ1n) is 5.36. The number of methoxy groups -OCH3 is 1. The van der Waals surface area contributed by atoms with E-state index in [4.69, 9.17) is 4.74 Å². The molecule has 2 aromatic rings. The van der Waals surface area contributed by atoms with E-state index in [1.165, 1.54) is 11.1 Å². The lowest BCUT2D eigenvalue weighted by Crippen LogP contribution is -3.00. The Labute approximate surface area is 113 Å². The number of aryl methyl sites for hydroxylation is 1. The van der Waals surface area contributed by atoms with Crippen molar-refractivity contribution in [3.63, 3.8) is 0 Å². The number of nitrogens with zero attached hydrogens (tertiary/aromatic N) is 1. The van der Waals surface area contributed by atoms with Crippen LogP contribution in [0.15, 0.2) is 48.8 Å². The van der Waals surface area contributed by atoms with Crippen LogP contribution in [0.5, 0.6) is 5.75 Å². The zero-order valence-electron chi connectivity index (χ0n) is 10.1. The second-order valence-electron chi connectivity index (χ2n) is 3.90. The Kier molecular flexibility index (Phi) is 5.16. The van der Waals surface area contributed by atoms with Crippen LogP contribution >= 0.6 is 0 Å². The van der Waals surface area contributed by atoms with Gasteiger partial charge in [-0.3, -0.25) is 0 Å². The molecule has 1 aromatic heterocycles. The van der Waals surface area contributed by atoms with Gasteiger partial charge in [0.05, 0.1) is 7.11 Å². The maximum atomic E-state index is 5.13. The summed E-state index contributed by atoms with van der Waals surface area (Å²) in [6, 6.07) is 12.3. The standard InChI is InChI=1S/C14H16NO.BrH/c1-12-4-3-9-15(10-12)11-13-5-7-14(16-2)8-6-13;/h3-10H,11H2,1-2H3;1H/q+1;/p-1. The van der Waals surface area contributed by atoms with Crippen molar-refractivity contribution < 1.29 is 26.3 Å². The molecule has 0 aliphatic carbocycles. The minimum absolute atomic E-state index is 0. The van der Waals surface area contributed by atoms with Crippen LogP contribution in [0.25, 0.3) is 0 Å². The first-order valence-corrected chi connectivity index (χ1v) is 5.36. The lowest BCUT2D eigenvalue weighted by Gasteiger charge is -2.01. The number of hydrogen-bond acceptors (Lipinski definition) is 1. The maximum absolute atomic E-state index is 5.13. The van der Waals surface area contributed by atoms with Crippen molar-refractivity contribution in [1.82, 2.24) is 0 Å². The van der Waals surface area contributed by atoms with Crippen LogP contribution in [0.4, 0.5) is 0 Å². The monoisotopic (exact) mass is 293 g/mol. The van der Waals surface area contributed by atoms with Gasteiger partial charge in [-0.05, 0) is 37.3 Å². The fourth-order valence-electron chi connectivity index (χ4n) is 1.69. The second kappa shape index (κ2) is 6.40. The number of benzene rings is 1. The number of pyridine rings is 1. The van der Waals surface area contributed by atoms with E-state index in [9.17, 15) is 0 Å². The average molecular weight is 294 g/mol. The van der Waals surface area contributed by atoms with Crippen molar-refractivity contribution in [3.05, 3.63) is 59.9 Å². The number of hydrogen-bond donors (Lipinski definition) is 0. The maximum Gasteiger partial charge on any atom is 0.173 e. The SMILES string of the molecule is COc1ccc(C[n+]2cccc(C)c2)cc1.[Br-]. The molecular formula is C14H16BrNO. The van der Waals surface area contributed by atoms with Gasteiger partial charge in [0.25, 0.3) is 0 Å². The second-order valence-corrected chi connectivity index (χ2v) is 3.90. The topological polar surface area (TPSA) is 13.1 Å². The molecule has 0 spiro atoms. The first-order chi connectivity index (χ1) is 7.78. The molecule has 1 aromatic carbocycles. The van der Waals surface area contributed by atoms with Crippen molar-refractivity contribution in [2.75, 3.05) is 7.11 Å². The van der Waals surface area contributed by atoms with Gasteiger partial charge in [0, 0.05) is 17.2 Å². The third-order valence-electron chi connectivity index (χ3n) is 2.53. The van der Waals surface area contributed by atoms with Gasteiger partial charge in [0.1, 0.15) is 5.75 Å². The molecule has 0 amide bonds. The summed E-state index contributed by atoms with van der Waals surface area (Å²) < 4.78 is 7.31. The van der Waals surface area contributed by atoms with E-state index in [-0.39, 0.29) is 17.0 Å². The zero-order chi connectivity index (χ0) is 11.4. The van der Waals surface area contributed by atoms with Gasteiger partial charge in [-0.1, -0.05) is 0 Å². The van der Waals surface area contributed by atoms with E-state index in [1.807, 2.05) is 12.1 Å². The van der Waals surface area contributed by atoms with E-state index in [0.29, 0.717) is 0 Å². The Hall–Kier alpha value is -1.35. The predicted molar refractivity (Wildman–Crippen MR) is 63.5 cm³/mol. The smallest absolute Gasteiger partial charge is 0.173 e. The minimum atomic E-state index is 0. The average Bonchev–Trinajstić information content (AvgIpc) is 2.30. The predicted octanol–water partition coefficient (Wildman–Crippen LogP) is -0.657. The number of aromatic nitrogens is 1. The molecule has 0 saturated carbocycles. The Morgan fingerprint density at radius 2 is 1.82 bits per heavy atom. The number of halogens is 1. The van der Waals surface area contributed by atoms with Crippen LogP contribution in [0.1, 0.15) is 11.1 Å². The van der Waals surface area contributed by atoms with Gasteiger partial charge in [0.15, 0.2) is 18.9 Å². The molecule has 0 fully saturated rings. The van der Waals surface area contributed by atoms with Gasteiger partial charge in [0.2, 0.25) is 0 Å². The fourth-order valence-corrected chi connectivity index (χ4v) is 1.69. The number of ether oxygens (including phenoxy) is 1. The van der Waals surface area contributed by atoms with Gasteiger partial charge < -0.3 is 21.7 Å². The highest BCUT2D eigenvalue weighted by Gasteiger charge is 2.02. The van der Waals surface area contributed by atoms with Crippen LogP contribution in [-0.4, -0.2) is 7.11 Å². The van der Waals surface area contributed by atoms with Crippen molar-refractivity contribution in [2.24, 2.45) is 0 Å². The highest BCUT2D eigenvalue weighted by atomic mass is 79.9. The molecule has 1 heterocycles. The van der Waals surface area contributed by atoms with Crippen molar-refractivity contribution in [3.8, 4) is 5.75 Å². The summed E-state index contributed by atoms with van der Waals surface area (Å²) in [4.78, 5) is 0. The van der Waals surface area contributed by atoms with E-state index < -0.39 is 0 Å². The van der Waals surface area contributed by atoms with Crippen molar-refractivity contribution >= 4 is 0 Å². The molecule has 0 N–H and O–H groups in total. The summed E-state index contributed by atoms with van der Waals surface area (Å²) >= 11 is 0. The van der Waals surface area contributed by atoms with Gasteiger partial charge in [-0.2, -0.15) is 0 Å². The molecule has 0 unspecified atom stereocenters. The van der Waals surface area contributed by atoms with Crippen molar-refractivity contribution in [2.45, 2.75) is 13.5 Å². The van der Waals surface area contributed by atoms with E-state index >= 15 is 0 Å². The molecule has 0 aliphatic rings.